The Morgan fingerprint density at radius 1 is 1.03 bits per heavy atom. The van der Waals surface area contributed by atoms with E-state index in [0.717, 1.165) is 12.8 Å². The molecule has 3 rings (SSSR count). The topological polar surface area (TPSA) is 64.0 Å². The lowest BCUT2D eigenvalue weighted by Crippen LogP contribution is -2.38. The summed E-state index contributed by atoms with van der Waals surface area (Å²) in [4.78, 5) is 30.4. The van der Waals surface area contributed by atoms with E-state index in [-0.39, 0.29) is 28.8 Å². The van der Waals surface area contributed by atoms with Crippen LogP contribution in [0.25, 0.3) is 10.9 Å². The Hall–Kier alpha value is -2.60. The van der Waals surface area contributed by atoms with Crippen molar-refractivity contribution >= 4 is 28.6 Å². The molecule has 158 valence electrons. The highest BCUT2D eigenvalue weighted by molar-refractivity contribution is 8.00. The Morgan fingerprint density at radius 3 is 2.40 bits per heavy atom. The molecule has 0 spiro atoms. The van der Waals surface area contributed by atoms with E-state index in [2.05, 4.69) is 22.4 Å². The largest absolute Gasteiger partial charge is 0.353 e. The second-order valence-electron chi connectivity index (χ2n) is 7.87. The minimum atomic E-state index is -0.359. The van der Waals surface area contributed by atoms with E-state index >= 15 is 0 Å². The minimum absolute atomic E-state index is 0.0433. The van der Waals surface area contributed by atoms with Gasteiger partial charge in [0, 0.05) is 12.1 Å². The zero-order valence-corrected chi connectivity index (χ0v) is 18.8. The van der Waals surface area contributed by atoms with Gasteiger partial charge >= 0.3 is 0 Å². The summed E-state index contributed by atoms with van der Waals surface area (Å²) in [5.41, 5.74) is 1.86. The predicted molar refractivity (Wildman–Crippen MR) is 124 cm³/mol. The molecule has 0 aliphatic carbocycles. The van der Waals surface area contributed by atoms with Crippen molar-refractivity contribution in [3.8, 4) is 0 Å². The Labute approximate surface area is 181 Å². The maximum absolute atomic E-state index is 12.9. The van der Waals surface area contributed by atoms with Crippen LogP contribution in [0, 0.1) is 0 Å². The van der Waals surface area contributed by atoms with Crippen molar-refractivity contribution in [3.05, 3.63) is 70.5 Å². The van der Waals surface area contributed by atoms with Gasteiger partial charge in [0.25, 0.3) is 5.56 Å². The first-order valence-electron chi connectivity index (χ1n) is 10.4. The molecular formula is C24H29N3O2S. The number of para-hydroxylation sites is 1. The molecule has 0 aliphatic rings. The van der Waals surface area contributed by atoms with E-state index in [1.54, 1.807) is 10.6 Å². The van der Waals surface area contributed by atoms with Crippen molar-refractivity contribution < 1.29 is 4.79 Å². The molecule has 3 aromatic rings. The molecule has 0 fully saturated rings. The van der Waals surface area contributed by atoms with Crippen LogP contribution in [0.3, 0.4) is 0 Å². The van der Waals surface area contributed by atoms with E-state index in [4.69, 9.17) is 0 Å². The van der Waals surface area contributed by atoms with Crippen LogP contribution in [-0.2, 0) is 11.2 Å². The van der Waals surface area contributed by atoms with Crippen LogP contribution in [0.4, 0.5) is 0 Å². The highest BCUT2D eigenvalue weighted by atomic mass is 32.2. The maximum atomic E-state index is 12.9. The molecule has 1 heterocycles. The standard InChI is InChI=1S/C24H29N3O2S/c1-16(2)27-23(29)20-12-8-9-13-21(20)26-24(27)30-18(4)22(28)25-17(3)14-15-19-10-6-5-7-11-19/h5-13,16-18H,14-15H2,1-4H3,(H,25,28)/t17-,18-/m1/s1. The van der Waals surface area contributed by atoms with Crippen LogP contribution in [0.2, 0.25) is 0 Å². The maximum Gasteiger partial charge on any atom is 0.262 e. The van der Waals surface area contributed by atoms with Crippen LogP contribution in [-0.4, -0.2) is 26.8 Å². The molecule has 0 radical (unpaired) electrons. The third-order valence-electron chi connectivity index (χ3n) is 5.04. The molecule has 0 aliphatic heterocycles. The van der Waals surface area contributed by atoms with Crippen molar-refractivity contribution in [2.24, 2.45) is 0 Å². The molecule has 2 atom stereocenters. The lowest BCUT2D eigenvalue weighted by Gasteiger charge is -2.20. The molecule has 2 aromatic carbocycles. The molecule has 0 unspecified atom stereocenters. The number of hydrogen-bond acceptors (Lipinski definition) is 4. The summed E-state index contributed by atoms with van der Waals surface area (Å²) in [5.74, 6) is -0.0433. The molecule has 1 N–H and O–H groups in total. The van der Waals surface area contributed by atoms with Gasteiger partial charge in [-0.3, -0.25) is 14.2 Å². The van der Waals surface area contributed by atoms with Gasteiger partial charge in [0.2, 0.25) is 5.91 Å². The number of carbonyl (C=O) groups excluding carboxylic acids is 1. The van der Waals surface area contributed by atoms with Crippen LogP contribution in [0.5, 0.6) is 0 Å². The van der Waals surface area contributed by atoms with Gasteiger partial charge in [0.15, 0.2) is 5.16 Å². The number of amides is 1. The molecule has 30 heavy (non-hydrogen) atoms. The Kier molecular flexibility index (Phi) is 7.32. The number of benzene rings is 2. The lowest BCUT2D eigenvalue weighted by atomic mass is 10.1. The molecule has 6 heteroatoms. The second kappa shape index (κ2) is 9.94. The number of aryl methyl sites for hydroxylation is 1. The van der Waals surface area contributed by atoms with Crippen molar-refractivity contribution in [3.63, 3.8) is 0 Å². The lowest BCUT2D eigenvalue weighted by molar-refractivity contribution is -0.120. The normalized spacial score (nSPS) is 13.4. The molecule has 5 nitrogen and oxygen atoms in total. The quantitative estimate of drug-likeness (QED) is 0.425. The summed E-state index contributed by atoms with van der Waals surface area (Å²) in [7, 11) is 0. The van der Waals surface area contributed by atoms with E-state index in [9.17, 15) is 9.59 Å². The number of rotatable bonds is 8. The summed E-state index contributed by atoms with van der Waals surface area (Å²) in [5, 5.41) is 3.91. The third-order valence-corrected chi connectivity index (χ3v) is 6.11. The first-order chi connectivity index (χ1) is 14.4. The summed E-state index contributed by atoms with van der Waals surface area (Å²) in [6.45, 7) is 7.79. The van der Waals surface area contributed by atoms with Crippen LogP contribution in [0.15, 0.2) is 64.5 Å². The summed E-state index contributed by atoms with van der Waals surface area (Å²) >= 11 is 1.33. The molecule has 0 bridgehead atoms. The van der Waals surface area contributed by atoms with E-state index in [1.165, 1.54) is 17.3 Å². The monoisotopic (exact) mass is 423 g/mol. The first-order valence-corrected chi connectivity index (χ1v) is 11.3. The SMILES string of the molecule is CC(C)n1c(S[C@H](C)C(=O)N[C@H](C)CCc2ccccc2)nc2ccccc2c1=O. The van der Waals surface area contributed by atoms with Gasteiger partial charge in [0.05, 0.1) is 16.2 Å². The highest BCUT2D eigenvalue weighted by Crippen LogP contribution is 2.25. The number of fused-ring (bicyclic) bond motifs is 1. The van der Waals surface area contributed by atoms with Crippen molar-refractivity contribution in [1.29, 1.82) is 0 Å². The van der Waals surface area contributed by atoms with Gasteiger partial charge in [-0.05, 0) is 58.2 Å². The van der Waals surface area contributed by atoms with Gasteiger partial charge < -0.3 is 5.32 Å². The number of thioether (sulfide) groups is 1. The smallest absolute Gasteiger partial charge is 0.262 e. The van der Waals surface area contributed by atoms with Crippen molar-refractivity contribution in [1.82, 2.24) is 14.9 Å². The van der Waals surface area contributed by atoms with E-state index < -0.39 is 0 Å². The van der Waals surface area contributed by atoms with Crippen molar-refractivity contribution in [2.75, 3.05) is 0 Å². The van der Waals surface area contributed by atoms with E-state index in [1.807, 2.05) is 64.1 Å². The number of nitrogens with zero attached hydrogens (tertiary/aromatic N) is 2. The Bertz CT molecular complexity index is 1060. The van der Waals surface area contributed by atoms with Crippen LogP contribution in [0.1, 0.15) is 45.7 Å². The Balaban J connectivity index is 1.69. The third kappa shape index (κ3) is 5.30. The fraction of sp³-hybridized carbons (Fsp3) is 0.375. The van der Waals surface area contributed by atoms with Gasteiger partial charge in [-0.15, -0.1) is 0 Å². The zero-order chi connectivity index (χ0) is 21.7. The fourth-order valence-electron chi connectivity index (χ4n) is 3.34. The average molecular weight is 424 g/mol. The molecule has 0 saturated heterocycles. The molecular weight excluding hydrogens is 394 g/mol. The Morgan fingerprint density at radius 2 is 1.70 bits per heavy atom. The summed E-state index contributed by atoms with van der Waals surface area (Å²) in [6.07, 6.45) is 1.79. The van der Waals surface area contributed by atoms with Gasteiger partial charge in [-0.2, -0.15) is 0 Å². The van der Waals surface area contributed by atoms with Gasteiger partial charge in [-0.1, -0.05) is 54.2 Å². The van der Waals surface area contributed by atoms with E-state index in [0.29, 0.717) is 16.1 Å². The average Bonchev–Trinajstić information content (AvgIpc) is 2.72. The molecule has 1 amide bonds. The first kappa shape index (κ1) is 22.1. The highest BCUT2D eigenvalue weighted by Gasteiger charge is 2.21. The number of hydrogen-bond donors (Lipinski definition) is 1. The zero-order valence-electron chi connectivity index (χ0n) is 18.0. The van der Waals surface area contributed by atoms with Gasteiger partial charge in [-0.25, -0.2) is 4.98 Å². The van der Waals surface area contributed by atoms with Crippen LogP contribution >= 0.6 is 11.8 Å². The van der Waals surface area contributed by atoms with Gasteiger partial charge in [0.1, 0.15) is 0 Å². The molecule has 0 saturated carbocycles. The van der Waals surface area contributed by atoms with Crippen LogP contribution < -0.4 is 10.9 Å². The van der Waals surface area contributed by atoms with Crippen molar-refractivity contribution in [2.45, 2.75) is 63.0 Å². The summed E-state index contributed by atoms with van der Waals surface area (Å²) < 4.78 is 1.68. The second-order valence-corrected chi connectivity index (χ2v) is 9.18. The minimum Gasteiger partial charge on any atom is -0.353 e. The number of carbonyl (C=O) groups is 1. The number of aromatic nitrogens is 2. The molecule has 1 aromatic heterocycles. The summed E-state index contributed by atoms with van der Waals surface area (Å²) in [6, 6.07) is 17.6. The number of nitrogens with one attached hydrogen (secondary N) is 1. The predicted octanol–water partition coefficient (Wildman–Crippen LogP) is 4.60. The fourth-order valence-corrected chi connectivity index (χ4v) is 4.39.